The van der Waals surface area contributed by atoms with E-state index in [2.05, 4.69) is 20.5 Å². The molecule has 0 saturated carbocycles. The number of ether oxygens (including phenoxy) is 2. The number of primary amides is 1. The summed E-state index contributed by atoms with van der Waals surface area (Å²) in [7, 11) is 0. The standard InChI is InChI=1S/C25H28N6O8S2/c1-25(2,3)23(37)39-11-38-22(36)15-13(10-41-24-28-18(17(26)33)29-30-24)9-40-21-14(20(35)31(15)21)27-19(34)16(32)12-7-5-4-6-8-12/h4-8,14,16,21,32H,9-11H2,1-3H3,(H2,26,33)(H,27,34)(H,28,29,30)/t14?,16?,21-/m0/s1. The van der Waals surface area contributed by atoms with E-state index in [1.807, 2.05) is 0 Å². The molecule has 0 bridgehead atoms. The van der Waals surface area contributed by atoms with Crippen molar-refractivity contribution < 1.29 is 38.6 Å². The van der Waals surface area contributed by atoms with Crippen LogP contribution in [0.2, 0.25) is 0 Å². The van der Waals surface area contributed by atoms with Crippen molar-refractivity contribution in [3.8, 4) is 0 Å². The summed E-state index contributed by atoms with van der Waals surface area (Å²) in [5.74, 6) is -3.31. The first-order chi connectivity index (χ1) is 19.4. The number of aliphatic hydroxyl groups is 1. The fourth-order valence-corrected chi connectivity index (χ4v) is 6.08. The number of rotatable bonds is 10. The number of thioether (sulfide) groups is 2. The molecule has 41 heavy (non-hydrogen) atoms. The first-order valence-electron chi connectivity index (χ1n) is 12.3. The lowest BCUT2D eigenvalue weighted by Gasteiger charge is -2.49. The predicted molar refractivity (Wildman–Crippen MR) is 146 cm³/mol. The average Bonchev–Trinajstić information content (AvgIpc) is 3.43. The third-order valence-electron chi connectivity index (χ3n) is 5.97. The van der Waals surface area contributed by atoms with Crippen LogP contribution in [0.1, 0.15) is 43.1 Å². The highest BCUT2D eigenvalue weighted by molar-refractivity contribution is 8.01. The fraction of sp³-hybridized carbons (Fsp3) is 0.400. The first-order valence-corrected chi connectivity index (χ1v) is 14.3. The van der Waals surface area contributed by atoms with Crippen LogP contribution >= 0.6 is 23.5 Å². The molecule has 2 aliphatic rings. The zero-order valence-electron chi connectivity index (χ0n) is 22.3. The molecule has 2 aliphatic heterocycles. The number of amides is 3. The number of H-pyrrole nitrogens is 1. The van der Waals surface area contributed by atoms with Gasteiger partial charge in [0.15, 0.2) is 6.10 Å². The van der Waals surface area contributed by atoms with Crippen LogP contribution in [0.5, 0.6) is 0 Å². The monoisotopic (exact) mass is 604 g/mol. The number of carbonyl (C=O) groups is 5. The van der Waals surface area contributed by atoms with Crippen molar-refractivity contribution in [1.29, 1.82) is 0 Å². The average molecular weight is 605 g/mol. The molecule has 1 fully saturated rings. The lowest BCUT2D eigenvalue weighted by molar-refractivity contribution is -0.173. The molecule has 14 nitrogen and oxygen atoms in total. The van der Waals surface area contributed by atoms with Crippen LogP contribution in [0, 0.1) is 5.41 Å². The molecule has 0 spiro atoms. The van der Waals surface area contributed by atoms with Crippen LogP contribution in [-0.4, -0.2) is 84.6 Å². The Labute approximate surface area is 242 Å². The van der Waals surface area contributed by atoms with Gasteiger partial charge in [0.2, 0.25) is 17.8 Å². The topological polar surface area (TPSA) is 207 Å². The number of carbonyl (C=O) groups excluding carboxylic acids is 5. The summed E-state index contributed by atoms with van der Waals surface area (Å²) < 4.78 is 10.2. The summed E-state index contributed by atoms with van der Waals surface area (Å²) in [6.07, 6.45) is -1.48. The molecule has 0 aliphatic carbocycles. The van der Waals surface area contributed by atoms with Crippen LogP contribution in [0.4, 0.5) is 0 Å². The van der Waals surface area contributed by atoms with E-state index in [1.54, 1.807) is 51.1 Å². The minimum Gasteiger partial charge on any atom is -0.427 e. The molecule has 4 rings (SSSR count). The van der Waals surface area contributed by atoms with E-state index < -0.39 is 59.4 Å². The second-order valence-electron chi connectivity index (χ2n) is 10.0. The number of nitrogens with two attached hydrogens (primary N) is 1. The number of hydrogen-bond acceptors (Lipinski definition) is 12. The number of nitrogens with zero attached hydrogens (tertiary/aromatic N) is 3. The van der Waals surface area contributed by atoms with Gasteiger partial charge < -0.3 is 25.6 Å². The SMILES string of the molecule is CC(C)(C)C(=O)OCOC(=O)C1=C(CSc2n[nH]c(C(N)=O)n2)CS[C@H]2C(NC(=O)C(O)c3ccccc3)C(=O)N12. The van der Waals surface area contributed by atoms with Crippen molar-refractivity contribution in [1.82, 2.24) is 25.4 Å². The van der Waals surface area contributed by atoms with Gasteiger partial charge in [0, 0.05) is 11.5 Å². The van der Waals surface area contributed by atoms with Gasteiger partial charge in [-0.1, -0.05) is 42.1 Å². The van der Waals surface area contributed by atoms with E-state index >= 15 is 0 Å². The number of aromatic amines is 1. The van der Waals surface area contributed by atoms with E-state index in [0.717, 1.165) is 11.8 Å². The van der Waals surface area contributed by atoms with Crippen molar-refractivity contribution in [2.24, 2.45) is 11.1 Å². The molecule has 1 aromatic heterocycles. The summed E-state index contributed by atoms with van der Waals surface area (Å²) in [6.45, 7) is 4.27. The molecule has 2 unspecified atom stereocenters. The number of fused-ring (bicyclic) bond motifs is 1. The Morgan fingerprint density at radius 3 is 2.59 bits per heavy atom. The molecule has 2 aromatic rings. The minimum atomic E-state index is -1.48. The summed E-state index contributed by atoms with van der Waals surface area (Å²) in [4.78, 5) is 67.7. The smallest absolute Gasteiger partial charge is 0.357 e. The van der Waals surface area contributed by atoms with Gasteiger partial charge >= 0.3 is 11.9 Å². The molecule has 218 valence electrons. The van der Waals surface area contributed by atoms with Crippen LogP contribution < -0.4 is 11.1 Å². The third kappa shape index (κ3) is 6.71. The highest BCUT2D eigenvalue weighted by atomic mass is 32.2. The van der Waals surface area contributed by atoms with E-state index in [0.29, 0.717) is 11.1 Å². The normalized spacial score (nSPS) is 19.1. The Hall–Kier alpha value is -3.89. The quantitative estimate of drug-likeness (QED) is 0.126. The molecule has 0 radical (unpaired) electrons. The number of nitrogens with one attached hydrogen (secondary N) is 2. The van der Waals surface area contributed by atoms with E-state index in [4.69, 9.17) is 15.2 Å². The molecule has 16 heteroatoms. The number of aliphatic hydroxyl groups excluding tert-OH is 1. The van der Waals surface area contributed by atoms with Crippen LogP contribution in [0.3, 0.4) is 0 Å². The Kier molecular flexibility index (Phi) is 9.04. The van der Waals surface area contributed by atoms with Gasteiger partial charge in [-0.15, -0.1) is 16.9 Å². The maximum absolute atomic E-state index is 13.2. The van der Waals surface area contributed by atoms with Crippen molar-refractivity contribution in [2.75, 3.05) is 18.3 Å². The van der Waals surface area contributed by atoms with Crippen LogP contribution in [0.25, 0.3) is 0 Å². The highest BCUT2D eigenvalue weighted by Gasteiger charge is 2.54. The van der Waals surface area contributed by atoms with Gasteiger partial charge in [-0.25, -0.2) is 4.79 Å². The summed E-state index contributed by atoms with van der Waals surface area (Å²) in [5.41, 5.74) is 5.18. The largest absolute Gasteiger partial charge is 0.427 e. The maximum Gasteiger partial charge on any atom is 0.357 e. The number of aromatic nitrogens is 3. The molecule has 1 aromatic carbocycles. The zero-order valence-corrected chi connectivity index (χ0v) is 23.9. The van der Waals surface area contributed by atoms with Gasteiger partial charge in [0.1, 0.15) is 17.1 Å². The van der Waals surface area contributed by atoms with Crippen LogP contribution in [0.15, 0.2) is 46.8 Å². The number of hydrogen-bond donors (Lipinski definition) is 4. The maximum atomic E-state index is 13.2. The Morgan fingerprint density at radius 2 is 1.95 bits per heavy atom. The Balaban J connectivity index is 1.50. The zero-order chi connectivity index (χ0) is 29.9. The second kappa shape index (κ2) is 12.3. The number of β-lactam (4-membered cyclic amide) rings is 1. The molecule has 3 amide bonds. The second-order valence-corrected chi connectivity index (χ2v) is 12.1. The summed E-state index contributed by atoms with van der Waals surface area (Å²) in [6, 6.07) is 7.27. The molecular formula is C25H28N6O8S2. The minimum absolute atomic E-state index is 0.0576. The molecule has 3 heterocycles. The number of benzene rings is 1. The highest BCUT2D eigenvalue weighted by Crippen LogP contribution is 2.42. The van der Waals surface area contributed by atoms with Crippen LogP contribution in [-0.2, 0) is 28.7 Å². The van der Waals surface area contributed by atoms with Gasteiger partial charge in [-0.2, -0.15) is 4.98 Å². The Morgan fingerprint density at radius 1 is 1.24 bits per heavy atom. The molecular weight excluding hydrogens is 576 g/mol. The van der Waals surface area contributed by atoms with Gasteiger partial charge in [-0.05, 0) is 31.9 Å². The molecule has 5 N–H and O–H groups in total. The summed E-state index contributed by atoms with van der Waals surface area (Å²) >= 11 is 2.40. The van der Waals surface area contributed by atoms with Crippen molar-refractivity contribution in [2.45, 2.75) is 43.4 Å². The van der Waals surface area contributed by atoms with Crippen molar-refractivity contribution in [3.05, 3.63) is 53.0 Å². The van der Waals surface area contributed by atoms with E-state index in [1.165, 1.54) is 16.7 Å². The lowest BCUT2D eigenvalue weighted by atomic mass is 9.98. The predicted octanol–water partition coefficient (Wildman–Crippen LogP) is 0.473. The van der Waals surface area contributed by atoms with Gasteiger partial charge in [0.05, 0.1) is 5.41 Å². The number of esters is 2. The lowest BCUT2D eigenvalue weighted by Crippen LogP contribution is -2.71. The van der Waals surface area contributed by atoms with E-state index in [-0.39, 0.29) is 28.2 Å². The fourth-order valence-electron chi connectivity index (χ4n) is 3.80. The summed E-state index contributed by atoms with van der Waals surface area (Å²) in [5, 5.41) is 18.9. The third-order valence-corrected chi connectivity index (χ3v) is 8.24. The Bertz CT molecular complexity index is 1390. The van der Waals surface area contributed by atoms with Gasteiger partial charge in [-0.3, -0.25) is 29.2 Å². The van der Waals surface area contributed by atoms with E-state index in [9.17, 15) is 29.1 Å². The molecule has 1 saturated heterocycles. The molecule has 3 atom stereocenters. The van der Waals surface area contributed by atoms with Gasteiger partial charge in [0.25, 0.3) is 17.7 Å². The first kappa shape index (κ1) is 30.1. The van der Waals surface area contributed by atoms with Crippen molar-refractivity contribution >= 4 is 53.2 Å². The van der Waals surface area contributed by atoms with Crippen molar-refractivity contribution in [3.63, 3.8) is 0 Å².